The summed E-state index contributed by atoms with van der Waals surface area (Å²) in [7, 11) is 0. The van der Waals surface area contributed by atoms with Crippen molar-refractivity contribution in [1.29, 1.82) is 0 Å². The number of carbonyl (C=O) groups is 2. The molecule has 0 aliphatic carbocycles. The topological polar surface area (TPSA) is 161 Å². The summed E-state index contributed by atoms with van der Waals surface area (Å²) in [6.07, 6.45) is 5.66. The van der Waals surface area contributed by atoms with E-state index in [1.54, 1.807) is 41.2 Å². The van der Waals surface area contributed by atoms with E-state index in [-0.39, 0.29) is 22.8 Å². The summed E-state index contributed by atoms with van der Waals surface area (Å²) in [6, 6.07) is 13.9. The average molecular weight is 527 g/mol. The number of nitrogens with zero attached hydrogens (tertiary/aromatic N) is 4. The van der Waals surface area contributed by atoms with Crippen LogP contribution in [0.5, 0.6) is 0 Å². The number of likely N-dealkylation sites (tertiary alicyclic amines) is 1. The third-order valence-corrected chi connectivity index (χ3v) is 6.85. The first kappa shape index (κ1) is 25.9. The van der Waals surface area contributed by atoms with Crippen molar-refractivity contribution in [3.05, 3.63) is 82.3 Å². The van der Waals surface area contributed by atoms with Crippen LogP contribution in [0.1, 0.15) is 28.8 Å². The Morgan fingerprint density at radius 1 is 1.00 bits per heavy atom. The van der Waals surface area contributed by atoms with E-state index in [0.29, 0.717) is 30.1 Å². The van der Waals surface area contributed by atoms with Gasteiger partial charge in [-0.05, 0) is 61.8 Å². The van der Waals surface area contributed by atoms with Crippen LogP contribution in [0.15, 0.2) is 65.7 Å². The first-order valence-corrected chi connectivity index (χ1v) is 12.8. The second-order valence-electron chi connectivity index (χ2n) is 9.47. The number of primary amides is 1. The highest BCUT2D eigenvalue weighted by atomic mass is 16.2. The lowest BCUT2D eigenvalue weighted by molar-refractivity contribution is 0.0999. The predicted octanol–water partition coefficient (Wildman–Crippen LogP) is 2.56. The number of fused-ring (bicyclic) bond motifs is 1. The Hall–Kier alpha value is -4.77. The number of nitrogens with two attached hydrogens (primary N) is 2. The maximum atomic E-state index is 13.0. The van der Waals surface area contributed by atoms with Gasteiger partial charge in [-0.3, -0.25) is 14.6 Å². The molecule has 39 heavy (non-hydrogen) atoms. The number of rotatable bonds is 8. The molecular formula is C28H30N8O3. The molecule has 200 valence electrons. The van der Waals surface area contributed by atoms with Crippen LogP contribution in [0.25, 0.3) is 22.3 Å². The van der Waals surface area contributed by atoms with Gasteiger partial charge in [-0.15, -0.1) is 0 Å². The molecule has 1 fully saturated rings. The molecule has 1 aliphatic heterocycles. The normalized spacial score (nSPS) is 13.4. The number of nitrogen functional groups attached to an aromatic ring is 1. The van der Waals surface area contributed by atoms with Crippen molar-refractivity contribution in [2.24, 2.45) is 5.73 Å². The first-order valence-electron chi connectivity index (χ1n) is 12.8. The highest BCUT2D eigenvalue weighted by Crippen LogP contribution is 2.24. The molecular weight excluding hydrogens is 496 g/mol. The molecule has 3 aromatic heterocycles. The summed E-state index contributed by atoms with van der Waals surface area (Å²) < 4.78 is 1.71. The van der Waals surface area contributed by atoms with Gasteiger partial charge in [0, 0.05) is 43.3 Å². The molecule has 1 saturated heterocycles. The lowest BCUT2D eigenvalue weighted by atomic mass is 10.1. The lowest BCUT2D eigenvalue weighted by Gasteiger charge is -2.20. The summed E-state index contributed by atoms with van der Waals surface area (Å²) in [5, 5.41) is 5.88. The van der Waals surface area contributed by atoms with E-state index in [9.17, 15) is 14.4 Å². The minimum atomic E-state index is -0.856. The van der Waals surface area contributed by atoms with Crippen molar-refractivity contribution in [1.82, 2.24) is 24.8 Å². The van der Waals surface area contributed by atoms with Crippen LogP contribution in [0.3, 0.4) is 0 Å². The van der Waals surface area contributed by atoms with Crippen molar-refractivity contribution < 1.29 is 9.59 Å². The first-order chi connectivity index (χ1) is 18.9. The average Bonchev–Trinajstić information content (AvgIpc) is 3.46. The third-order valence-electron chi connectivity index (χ3n) is 6.85. The molecule has 0 unspecified atom stereocenters. The highest BCUT2D eigenvalue weighted by Gasteiger charge is 2.21. The van der Waals surface area contributed by atoms with Crippen molar-refractivity contribution in [2.75, 3.05) is 30.7 Å². The van der Waals surface area contributed by atoms with Crippen molar-refractivity contribution in [3.63, 3.8) is 0 Å². The largest absolute Gasteiger partial charge is 0.384 e. The predicted molar refractivity (Wildman–Crippen MR) is 150 cm³/mol. The zero-order valence-corrected chi connectivity index (χ0v) is 21.4. The monoisotopic (exact) mass is 526 g/mol. The van der Waals surface area contributed by atoms with Gasteiger partial charge in [0.25, 0.3) is 5.91 Å². The third kappa shape index (κ3) is 5.73. The second-order valence-corrected chi connectivity index (χ2v) is 9.47. The van der Waals surface area contributed by atoms with E-state index in [1.807, 2.05) is 24.3 Å². The Bertz CT molecular complexity index is 1560. The molecule has 11 heteroatoms. The number of nitrogens with one attached hydrogen (secondary N) is 2. The molecule has 6 N–H and O–H groups in total. The Balaban J connectivity index is 1.39. The minimum absolute atomic E-state index is 0.0284. The Morgan fingerprint density at radius 2 is 1.77 bits per heavy atom. The van der Waals surface area contributed by atoms with E-state index in [4.69, 9.17) is 16.5 Å². The fourth-order valence-electron chi connectivity index (χ4n) is 4.79. The maximum Gasteiger partial charge on any atom is 0.319 e. The van der Waals surface area contributed by atoms with E-state index < -0.39 is 11.3 Å². The zero-order valence-electron chi connectivity index (χ0n) is 21.4. The molecule has 3 amide bonds. The van der Waals surface area contributed by atoms with E-state index >= 15 is 0 Å². The van der Waals surface area contributed by atoms with Gasteiger partial charge in [0.05, 0.1) is 11.1 Å². The van der Waals surface area contributed by atoms with Crippen molar-refractivity contribution in [3.8, 4) is 11.3 Å². The fourth-order valence-corrected chi connectivity index (χ4v) is 4.79. The lowest BCUT2D eigenvalue weighted by Crippen LogP contribution is -2.30. The van der Waals surface area contributed by atoms with E-state index in [1.165, 1.54) is 0 Å². The Morgan fingerprint density at radius 3 is 2.46 bits per heavy atom. The van der Waals surface area contributed by atoms with Crippen molar-refractivity contribution >= 4 is 34.5 Å². The number of carbonyl (C=O) groups excluding carboxylic acids is 2. The SMILES string of the molecule is NC(=O)c1c(N)n(CCN2CCCC2)c2nc(-c3ccc(NC(=O)NCc4cccnc4)cc3)ccc2c1=O. The van der Waals surface area contributed by atoms with Crippen LogP contribution < -0.4 is 27.5 Å². The molecule has 4 aromatic rings. The van der Waals surface area contributed by atoms with Gasteiger partial charge in [-0.1, -0.05) is 18.2 Å². The standard InChI is InChI=1S/C28H30N8O3/c29-25-23(26(30)38)24(37)21-9-10-22(34-27(21)36(25)15-14-35-12-1-2-13-35)19-5-7-20(8-6-19)33-28(39)32-17-18-4-3-11-31-16-18/h3-11,16H,1-2,12-15,17,29H2,(H2,30,38)(H2,32,33,39). The smallest absolute Gasteiger partial charge is 0.319 e. The molecule has 11 nitrogen and oxygen atoms in total. The highest BCUT2D eigenvalue weighted by molar-refractivity contribution is 6.00. The van der Waals surface area contributed by atoms with E-state index in [2.05, 4.69) is 20.5 Å². The van der Waals surface area contributed by atoms with Crippen LogP contribution >= 0.6 is 0 Å². The molecule has 1 aliphatic rings. The maximum absolute atomic E-state index is 13.0. The number of pyridine rings is 3. The number of amides is 3. The van der Waals surface area contributed by atoms with Crippen LogP contribution in [0.2, 0.25) is 0 Å². The number of anilines is 2. The summed E-state index contributed by atoms with van der Waals surface area (Å²) in [6.45, 7) is 3.55. The zero-order chi connectivity index (χ0) is 27.4. The molecule has 1 aromatic carbocycles. The Labute approximate surface area is 224 Å². The summed E-state index contributed by atoms with van der Waals surface area (Å²) in [5.74, 6) is -0.827. The number of hydrogen-bond acceptors (Lipinski definition) is 7. The number of benzene rings is 1. The summed E-state index contributed by atoms with van der Waals surface area (Å²) in [5.41, 5.74) is 14.4. The molecule has 0 atom stereocenters. The summed E-state index contributed by atoms with van der Waals surface area (Å²) >= 11 is 0. The van der Waals surface area contributed by atoms with Crippen LogP contribution in [-0.4, -0.2) is 51.0 Å². The van der Waals surface area contributed by atoms with Gasteiger partial charge in [0.15, 0.2) is 0 Å². The minimum Gasteiger partial charge on any atom is -0.384 e. The number of hydrogen-bond donors (Lipinski definition) is 4. The fraction of sp³-hybridized carbons (Fsp3) is 0.250. The molecule has 0 bridgehead atoms. The van der Waals surface area contributed by atoms with Crippen molar-refractivity contribution in [2.45, 2.75) is 25.9 Å². The number of urea groups is 1. The molecule has 4 heterocycles. The quantitative estimate of drug-likeness (QED) is 0.274. The number of aromatic nitrogens is 3. The Kier molecular flexibility index (Phi) is 7.50. The molecule has 0 spiro atoms. The van der Waals surface area contributed by atoms with Gasteiger partial charge < -0.3 is 31.6 Å². The molecule has 0 radical (unpaired) electrons. The molecule has 5 rings (SSSR count). The van der Waals surface area contributed by atoms with Gasteiger partial charge in [-0.2, -0.15) is 0 Å². The van der Waals surface area contributed by atoms with Gasteiger partial charge in [0.1, 0.15) is 17.0 Å². The molecule has 0 saturated carbocycles. The van der Waals surface area contributed by atoms with Gasteiger partial charge in [-0.25, -0.2) is 9.78 Å². The second kappa shape index (κ2) is 11.3. The van der Waals surface area contributed by atoms with Gasteiger partial charge in [0.2, 0.25) is 5.43 Å². The van der Waals surface area contributed by atoms with Crippen LogP contribution in [-0.2, 0) is 13.1 Å². The van der Waals surface area contributed by atoms with Crippen LogP contribution in [0, 0.1) is 0 Å². The van der Waals surface area contributed by atoms with Crippen LogP contribution in [0.4, 0.5) is 16.3 Å². The van der Waals surface area contributed by atoms with E-state index in [0.717, 1.165) is 43.6 Å². The van der Waals surface area contributed by atoms with Gasteiger partial charge >= 0.3 is 6.03 Å². The summed E-state index contributed by atoms with van der Waals surface area (Å²) in [4.78, 5) is 48.5.